The first-order chi connectivity index (χ1) is 35.7. The summed E-state index contributed by atoms with van der Waals surface area (Å²) >= 11 is 1.86. The molecule has 17 nitrogen and oxygen atoms in total. The second kappa shape index (κ2) is 26.8. The van der Waals surface area contributed by atoms with Gasteiger partial charge in [-0.3, -0.25) is 29.5 Å². The molecule has 74 heavy (non-hydrogen) atoms. The molecular formula is C56H78N8O9S. The van der Waals surface area contributed by atoms with Crippen molar-refractivity contribution in [2.75, 3.05) is 120 Å². The molecule has 18 heteroatoms. The fourth-order valence-corrected chi connectivity index (χ4v) is 9.76. The molecule has 2 unspecified atom stereocenters. The van der Waals surface area contributed by atoms with Crippen molar-refractivity contribution < 1.29 is 42.7 Å². The average Bonchev–Trinajstić information content (AvgIpc) is 3.93. The number of methoxy groups -OCH3 is 2. The number of allylic oxidation sites excluding steroid dienone is 2. The predicted molar refractivity (Wildman–Crippen MR) is 293 cm³/mol. The van der Waals surface area contributed by atoms with E-state index in [0.29, 0.717) is 110 Å². The summed E-state index contributed by atoms with van der Waals surface area (Å²) in [6, 6.07) is 11.2. The number of aromatic nitrogens is 1. The van der Waals surface area contributed by atoms with Crippen LogP contribution < -0.4 is 23.7 Å². The van der Waals surface area contributed by atoms with Gasteiger partial charge >= 0.3 is 0 Å². The van der Waals surface area contributed by atoms with Crippen LogP contribution in [0.1, 0.15) is 74.3 Å². The van der Waals surface area contributed by atoms with Gasteiger partial charge in [0.25, 0.3) is 5.91 Å². The lowest BCUT2D eigenvalue weighted by molar-refractivity contribution is -0.132. The lowest BCUT2D eigenvalue weighted by atomic mass is 10.1. The number of nitrogens with zero attached hydrogens (tertiary/aromatic N) is 8. The number of ether oxygens (including phenoxy) is 7. The predicted octanol–water partition coefficient (Wildman–Crippen LogP) is 7.64. The first kappa shape index (κ1) is 56.2. The van der Waals surface area contributed by atoms with Gasteiger partial charge in [-0.05, 0) is 85.6 Å². The van der Waals surface area contributed by atoms with Gasteiger partial charge in [-0.2, -0.15) is 11.8 Å². The van der Waals surface area contributed by atoms with E-state index in [-0.39, 0.29) is 48.5 Å². The molecule has 0 bridgehead atoms. The van der Waals surface area contributed by atoms with Crippen molar-refractivity contribution in [3.05, 3.63) is 82.2 Å². The van der Waals surface area contributed by atoms with Crippen molar-refractivity contribution in [2.45, 2.75) is 83.5 Å². The van der Waals surface area contributed by atoms with Gasteiger partial charge < -0.3 is 52.8 Å². The van der Waals surface area contributed by atoms with Gasteiger partial charge in [0.1, 0.15) is 25.6 Å². The van der Waals surface area contributed by atoms with E-state index >= 15 is 0 Å². The summed E-state index contributed by atoms with van der Waals surface area (Å²) in [4.78, 5) is 52.3. The number of thioether (sulfide) groups is 1. The zero-order valence-electron chi connectivity index (χ0n) is 45.3. The number of benzene rings is 2. The minimum atomic E-state index is -0.112. The van der Waals surface area contributed by atoms with Crippen LogP contribution in [0.3, 0.4) is 0 Å². The molecule has 2 saturated heterocycles. The van der Waals surface area contributed by atoms with Crippen molar-refractivity contribution in [1.82, 2.24) is 29.5 Å². The Hall–Kier alpha value is -5.50. The van der Waals surface area contributed by atoms with Crippen molar-refractivity contribution in [2.24, 2.45) is 9.98 Å². The van der Waals surface area contributed by atoms with E-state index in [1.165, 1.54) is 11.1 Å². The van der Waals surface area contributed by atoms with E-state index in [1.54, 1.807) is 31.3 Å². The normalized spacial score (nSPS) is 18.4. The summed E-state index contributed by atoms with van der Waals surface area (Å²) < 4.78 is 43.0. The van der Waals surface area contributed by atoms with Crippen molar-refractivity contribution >= 4 is 47.4 Å². The van der Waals surface area contributed by atoms with Crippen LogP contribution in [0.5, 0.6) is 28.7 Å². The molecule has 402 valence electrons. The molecule has 0 aliphatic carbocycles. The molecule has 4 aliphatic heterocycles. The van der Waals surface area contributed by atoms with Gasteiger partial charge in [0.2, 0.25) is 5.91 Å². The Bertz CT molecular complexity index is 2530. The van der Waals surface area contributed by atoms with E-state index in [2.05, 4.69) is 56.0 Å². The van der Waals surface area contributed by atoms with Crippen LogP contribution in [-0.2, 0) is 34.0 Å². The number of amides is 2. The number of aliphatic imine (C=N–C) groups is 2. The highest BCUT2D eigenvalue weighted by Gasteiger charge is 2.35. The van der Waals surface area contributed by atoms with Gasteiger partial charge in [-0.15, -0.1) is 0 Å². The Morgan fingerprint density at radius 2 is 1.34 bits per heavy atom. The molecule has 2 amide bonds. The number of likely N-dealkylation sites (N-methyl/N-ethyl adjacent to an activating group) is 1. The lowest BCUT2D eigenvalue weighted by Gasteiger charge is -2.28. The van der Waals surface area contributed by atoms with Crippen molar-refractivity contribution in [3.8, 4) is 28.7 Å². The maximum atomic E-state index is 13.8. The molecule has 0 spiro atoms. The van der Waals surface area contributed by atoms with Gasteiger partial charge in [0.05, 0.1) is 81.6 Å². The van der Waals surface area contributed by atoms with Crippen LogP contribution in [0.15, 0.2) is 69.7 Å². The summed E-state index contributed by atoms with van der Waals surface area (Å²) in [7, 11) is 9.21. The van der Waals surface area contributed by atoms with Crippen molar-refractivity contribution in [3.63, 3.8) is 0 Å². The summed E-state index contributed by atoms with van der Waals surface area (Å²) in [5.41, 5.74) is 6.64. The molecule has 2 atom stereocenters. The Morgan fingerprint density at radius 3 is 2.00 bits per heavy atom. The zero-order valence-corrected chi connectivity index (χ0v) is 46.1. The van der Waals surface area contributed by atoms with Crippen LogP contribution in [-0.4, -0.2) is 191 Å². The second-order valence-electron chi connectivity index (χ2n) is 20.1. The summed E-state index contributed by atoms with van der Waals surface area (Å²) in [6.07, 6.45) is 12.4. The molecule has 1 aromatic heterocycles. The average molecular weight is 1040 g/mol. The van der Waals surface area contributed by atoms with Crippen LogP contribution in [0.4, 0.5) is 11.4 Å². The van der Waals surface area contributed by atoms with Crippen LogP contribution in [0.2, 0.25) is 0 Å². The Balaban J connectivity index is 1.04. The van der Waals surface area contributed by atoms with Gasteiger partial charge in [-0.1, -0.05) is 23.3 Å². The van der Waals surface area contributed by atoms with Gasteiger partial charge in [0, 0.05) is 99.7 Å². The Labute approximate surface area is 442 Å². The maximum absolute atomic E-state index is 13.8. The minimum Gasteiger partial charge on any atom is -0.493 e. The largest absolute Gasteiger partial charge is 0.493 e. The fraction of sp³-hybridized carbons (Fsp3) is 0.554. The number of pyridine rings is 1. The van der Waals surface area contributed by atoms with Gasteiger partial charge in [0.15, 0.2) is 23.0 Å². The highest BCUT2D eigenvalue weighted by Crippen LogP contribution is 2.41. The Kier molecular flexibility index (Phi) is 20.4. The molecule has 5 heterocycles. The standard InChI is InChI=1S/C56H78N8O9S/c1-11-39-23-44-31-57-48-29-52(50(67-8)25-41(48)35-63(44)33-39)72-36-42-26-46(71-20-17-62(54(65)13-14-60(5)6)16-19-70-22-21-69-18-15-61(7)38-56(3,4)74-10)27-43(59-42)37-73-53-30-49-47(28-51(53)68-9)55(66)64-34-40(12-2)24-45(64)32-58-49/h11-12,25-32,44-45H,13-24,33-38H2,1-10H3. The molecule has 3 aromatic rings. The maximum Gasteiger partial charge on any atom is 0.257 e. The molecule has 0 saturated carbocycles. The molecule has 7 rings (SSSR count). The van der Waals surface area contributed by atoms with E-state index < -0.39 is 0 Å². The van der Waals surface area contributed by atoms with Crippen LogP contribution in [0.25, 0.3) is 0 Å². The first-order valence-electron chi connectivity index (χ1n) is 25.7. The highest BCUT2D eigenvalue weighted by molar-refractivity contribution is 7.99. The number of carbonyl (C=O) groups is 2. The van der Waals surface area contributed by atoms with Crippen LogP contribution >= 0.6 is 11.8 Å². The van der Waals surface area contributed by atoms with E-state index in [1.807, 2.05) is 79.3 Å². The van der Waals surface area contributed by atoms with Crippen LogP contribution in [0, 0.1) is 0 Å². The molecule has 0 radical (unpaired) electrons. The van der Waals surface area contributed by atoms with Crippen molar-refractivity contribution in [1.29, 1.82) is 0 Å². The highest BCUT2D eigenvalue weighted by atomic mass is 32.2. The number of rotatable bonds is 27. The lowest BCUT2D eigenvalue weighted by Crippen LogP contribution is -2.38. The molecule has 2 aromatic carbocycles. The number of hydrogen-bond acceptors (Lipinski definition) is 16. The minimum absolute atomic E-state index is 0.0157. The van der Waals surface area contributed by atoms with E-state index in [4.69, 9.17) is 48.1 Å². The third-order valence-electron chi connectivity index (χ3n) is 13.8. The topological polar surface area (TPSA) is 153 Å². The quantitative estimate of drug-likeness (QED) is 0.0543. The third-order valence-corrected chi connectivity index (χ3v) is 15.0. The smallest absolute Gasteiger partial charge is 0.257 e. The summed E-state index contributed by atoms with van der Waals surface area (Å²) in [5.74, 6) is 2.39. The SMILES string of the molecule is CC=C1CC2C=Nc3cc(OCc4cc(OCCN(CCOCCOCCN(C)CC(C)(C)SC)C(=O)CCN(C)C)cc(COc5cc6c(cc5OC)C(=O)N5CC(=CC)CC5C=N6)n4)c(OC)cc3CN2C1. The number of hydrogen-bond donors (Lipinski definition) is 0. The summed E-state index contributed by atoms with van der Waals surface area (Å²) in [5, 5.41) is 0. The zero-order chi connectivity index (χ0) is 52.8. The molecule has 2 fully saturated rings. The summed E-state index contributed by atoms with van der Waals surface area (Å²) in [6.45, 7) is 16.2. The Morgan fingerprint density at radius 1 is 0.730 bits per heavy atom. The number of carbonyl (C=O) groups excluding carboxylic acids is 2. The molecule has 4 aliphatic rings. The monoisotopic (exact) mass is 1040 g/mol. The first-order valence-corrected chi connectivity index (χ1v) is 27.0. The number of fused-ring (bicyclic) bond motifs is 4. The fourth-order valence-electron chi connectivity index (χ4n) is 9.41. The van der Waals surface area contributed by atoms with E-state index in [9.17, 15) is 9.59 Å². The molecular weight excluding hydrogens is 961 g/mol. The third kappa shape index (κ3) is 15.3. The van der Waals surface area contributed by atoms with E-state index in [0.717, 1.165) is 50.3 Å². The second-order valence-corrected chi connectivity index (χ2v) is 21.6. The molecule has 0 N–H and O–H groups in total. The van der Waals surface area contributed by atoms with Gasteiger partial charge in [-0.25, -0.2) is 0 Å².